The predicted molar refractivity (Wildman–Crippen MR) is 111 cm³/mol. The Labute approximate surface area is 167 Å². The maximum Gasteiger partial charge on any atom is 0.255 e. The smallest absolute Gasteiger partial charge is 0.255 e. The van der Waals surface area contributed by atoms with Crippen molar-refractivity contribution in [2.75, 3.05) is 25.0 Å². The average molecular weight is 405 g/mol. The Balaban J connectivity index is 2.18. The molecule has 0 unspecified atom stereocenters. The molecule has 0 spiro atoms. The zero-order valence-corrected chi connectivity index (χ0v) is 17.6. The summed E-state index contributed by atoms with van der Waals surface area (Å²) in [6, 6.07) is 13.2. The number of ether oxygens (including phenoxy) is 1. The van der Waals surface area contributed by atoms with Gasteiger partial charge in [0.05, 0.1) is 11.5 Å². The van der Waals surface area contributed by atoms with E-state index in [1.54, 1.807) is 50.2 Å². The number of rotatable bonds is 9. The van der Waals surface area contributed by atoms with Crippen molar-refractivity contribution < 1.29 is 17.9 Å². The van der Waals surface area contributed by atoms with Crippen molar-refractivity contribution >= 4 is 21.6 Å². The normalized spacial score (nSPS) is 11.6. The number of nitrogens with one attached hydrogen (secondary N) is 1. The zero-order valence-electron chi connectivity index (χ0n) is 16.8. The van der Waals surface area contributed by atoms with E-state index in [9.17, 15) is 13.2 Å². The second-order valence-electron chi connectivity index (χ2n) is 6.80. The molecule has 2 rings (SSSR count). The largest absolute Gasteiger partial charge is 0.493 e. The number of nitrogens with zero attached hydrogens (tertiary/aromatic N) is 1. The van der Waals surface area contributed by atoms with E-state index < -0.39 is 10.0 Å². The van der Waals surface area contributed by atoms with Gasteiger partial charge in [-0.25, -0.2) is 8.42 Å². The van der Waals surface area contributed by atoms with Crippen molar-refractivity contribution in [3.05, 3.63) is 54.1 Å². The molecule has 152 valence electrons. The number of carbonyl (C=O) groups is 1. The summed E-state index contributed by atoms with van der Waals surface area (Å²) < 4.78 is 32.4. The third kappa shape index (κ3) is 5.56. The van der Waals surface area contributed by atoms with Crippen LogP contribution < -0.4 is 10.1 Å². The topological polar surface area (TPSA) is 75.7 Å². The standard InChI is InChI=1S/C21H28N2O4S/c1-5-23(6-2)28(25,26)20-12-8-10-18(14-20)22-21(24)17-9-7-11-19(13-17)27-15-16(3)4/h7-14,16H,5-6,15H2,1-4H3,(H,22,24). The lowest BCUT2D eigenvalue weighted by molar-refractivity contribution is 0.102. The van der Waals surface area contributed by atoms with Crippen molar-refractivity contribution in [1.29, 1.82) is 0 Å². The molecule has 28 heavy (non-hydrogen) atoms. The van der Waals surface area contributed by atoms with Gasteiger partial charge in [-0.15, -0.1) is 0 Å². The Hall–Kier alpha value is -2.38. The SMILES string of the molecule is CCN(CC)S(=O)(=O)c1cccc(NC(=O)c2cccc(OCC(C)C)c2)c1. The number of anilines is 1. The Morgan fingerprint density at radius 3 is 2.39 bits per heavy atom. The quantitative estimate of drug-likeness (QED) is 0.685. The monoisotopic (exact) mass is 404 g/mol. The van der Waals surface area contributed by atoms with E-state index >= 15 is 0 Å². The Morgan fingerprint density at radius 2 is 1.75 bits per heavy atom. The van der Waals surface area contributed by atoms with Gasteiger partial charge in [-0.3, -0.25) is 4.79 Å². The molecule has 0 saturated carbocycles. The van der Waals surface area contributed by atoms with Crippen LogP contribution >= 0.6 is 0 Å². The first kappa shape index (κ1) is 21.9. The van der Waals surface area contributed by atoms with E-state index in [2.05, 4.69) is 19.2 Å². The van der Waals surface area contributed by atoms with E-state index in [0.717, 1.165) is 0 Å². The van der Waals surface area contributed by atoms with Gasteiger partial charge in [0.15, 0.2) is 0 Å². The third-order valence-electron chi connectivity index (χ3n) is 4.11. The van der Waals surface area contributed by atoms with Gasteiger partial charge in [0.2, 0.25) is 10.0 Å². The molecule has 0 fully saturated rings. The molecule has 0 aromatic heterocycles. The number of benzene rings is 2. The predicted octanol–water partition coefficient (Wildman–Crippen LogP) is 4.00. The van der Waals surface area contributed by atoms with E-state index in [-0.39, 0.29) is 10.8 Å². The van der Waals surface area contributed by atoms with Crippen LogP contribution in [0, 0.1) is 5.92 Å². The van der Waals surface area contributed by atoms with Gasteiger partial charge < -0.3 is 10.1 Å². The van der Waals surface area contributed by atoms with Crippen LogP contribution in [0.1, 0.15) is 38.1 Å². The Kier molecular flexibility index (Phi) is 7.60. The Morgan fingerprint density at radius 1 is 1.07 bits per heavy atom. The summed E-state index contributed by atoms with van der Waals surface area (Å²) in [4.78, 5) is 12.7. The molecule has 0 heterocycles. The van der Waals surface area contributed by atoms with Gasteiger partial charge in [-0.1, -0.05) is 39.8 Å². The van der Waals surface area contributed by atoms with E-state index in [4.69, 9.17) is 4.74 Å². The molecule has 0 radical (unpaired) electrons. The lowest BCUT2D eigenvalue weighted by Gasteiger charge is -2.19. The minimum atomic E-state index is -3.58. The minimum Gasteiger partial charge on any atom is -0.493 e. The molecule has 2 aromatic carbocycles. The van der Waals surface area contributed by atoms with Crippen LogP contribution in [-0.4, -0.2) is 38.3 Å². The van der Waals surface area contributed by atoms with Crippen LogP contribution in [0.2, 0.25) is 0 Å². The highest BCUT2D eigenvalue weighted by Gasteiger charge is 2.22. The molecule has 0 atom stereocenters. The fourth-order valence-electron chi connectivity index (χ4n) is 2.64. The molecule has 0 saturated heterocycles. The van der Waals surface area contributed by atoms with Gasteiger partial charge in [0, 0.05) is 24.3 Å². The fraction of sp³-hybridized carbons (Fsp3) is 0.381. The fourth-order valence-corrected chi connectivity index (χ4v) is 4.14. The molecule has 6 nitrogen and oxygen atoms in total. The first-order chi connectivity index (χ1) is 13.3. The van der Waals surface area contributed by atoms with Crippen LogP contribution in [0.15, 0.2) is 53.4 Å². The highest BCUT2D eigenvalue weighted by atomic mass is 32.2. The summed E-state index contributed by atoms with van der Waals surface area (Å²) >= 11 is 0. The van der Waals surface area contributed by atoms with Gasteiger partial charge in [0.1, 0.15) is 5.75 Å². The summed E-state index contributed by atoms with van der Waals surface area (Å²) in [6.45, 7) is 9.03. The molecule has 0 aliphatic rings. The molecular weight excluding hydrogens is 376 g/mol. The maximum atomic E-state index is 12.7. The molecule has 0 aliphatic heterocycles. The Bertz CT molecular complexity index is 906. The van der Waals surface area contributed by atoms with Crippen molar-refractivity contribution in [2.45, 2.75) is 32.6 Å². The second kappa shape index (κ2) is 9.71. The molecule has 2 aromatic rings. The van der Waals surface area contributed by atoms with Gasteiger partial charge in [-0.05, 0) is 42.3 Å². The minimum absolute atomic E-state index is 0.156. The summed E-state index contributed by atoms with van der Waals surface area (Å²) in [5.74, 6) is 0.680. The van der Waals surface area contributed by atoms with Crippen molar-refractivity contribution in [2.24, 2.45) is 5.92 Å². The summed E-state index contributed by atoms with van der Waals surface area (Å²) in [7, 11) is -3.58. The van der Waals surface area contributed by atoms with Crippen LogP contribution in [0.3, 0.4) is 0 Å². The van der Waals surface area contributed by atoms with Crippen LogP contribution in [0.4, 0.5) is 5.69 Å². The van der Waals surface area contributed by atoms with Crippen molar-refractivity contribution in [3.8, 4) is 5.75 Å². The molecule has 0 bridgehead atoms. The lowest BCUT2D eigenvalue weighted by Crippen LogP contribution is -2.30. The number of amides is 1. The first-order valence-electron chi connectivity index (χ1n) is 9.42. The molecule has 7 heteroatoms. The van der Waals surface area contributed by atoms with Gasteiger partial charge in [-0.2, -0.15) is 4.31 Å². The van der Waals surface area contributed by atoms with Crippen molar-refractivity contribution in [1.82, 2.24) is 4.31 Å². The summed E-state index contributed by atoms with van der Waals surface area (Å²) in [5.41, 5.74) is 0.866. The highest BCUT2D eigenvalue weighted by Crippen LogP contribution is 2.21. The van der Waals surface area contributed by atoms with E-state index in [0.29, 0.717) is 42.6 Å². The zero-order chi connectivity index (χ0) is 20.7. The maximum absolute atomic E-state index is 12.7. The van der Waals surface area contributed by atoms with Gasteiger partial charge in [0.25, 0.3) is 5.91 Å². The summed E-state index contributed by atoms with van der Waals surface area (Å²) in [5, 5.41) is 2.76. The molecule has 1 N–H and O–H groups in total. The third-order valence-corrected chi connectivity index (χ3v) is 6.16. The number of sulfonamides is 1. The number of hydrogen-bond donors (Lipinski definition) is 1. The average Bonchev–Trinajstić information content (AvgIpc) is 2.67. The number of carbonyl (C=O) groups excluding carboxylic acids is 1. The number of hydrogen-bond acceptors (Lipinski definition) is 4. The summed E-state index contributed by atoms with van der Waals surface area (Å²) in [6.07, 6.45) is 0. The van der Waals surface area contributed by atoms with E-state index in [1.165, 1.54) is 16.4 Å². The highest BCUT2D eigenvalue weighted by molar-refractivity contribution is 7.89. The van der Waals surface area contributed by atoms with Crippen LogP contribution in [0.25, 0.3) is 0 Å². The van der Waals surface area contributed by atoms with Crippen LogP contribution in [0.5, 0.6) is 5.75 Å². The molecular formula is C21H28N2O4S. The van der Waals surface area contributed by atoms with E-state index in [1.807, 2.05) is 0 Å². The van der Waals surface area contributed by atoms with Crippen molar-refractivity contribution in [3.63, 3.8) is 0 Å². The van der Waals surface area contributed by atoms with Crippen LogP contribution in [-0.2, 0) is 10.0 Å². The molecule has 0 aliphatic carbocycles. The molecule has 1 amide bonds. The lowest BCUT2D eigenvalue weighted by atomic mass is 10.2. The van der Waals surface area contributed by atoms with Gasteiger partial charge >= 0.3 is 0 Å². The second-order valence-corrected chi connectivity index (χ2v) is 8.74. The first-order valence-corrected chi connectivity index (χ1v) is 10.9.